The summed E-state index contributed by atoms with van der Waals surface area (Å²) in [6, 6.07) is 0.560. The Hall–Kier alpha value is -0.980. The molecule has 2 heterocycles. The van der Waals surface area contributed by atoms with Crippen LogP contribution in [0, 0.1) is 0 Å². The van der Waals surface area contributed by atoms with Crippen LogP contribution in [0.25, 0.3) is 0 Å². The van der Waals surface area contributed by atoms with Gasteiger partial charge in [0.25, 0.3) is 0 Å². The number of anilines is 1. The Morgan fingerprint density at radius 3 is 3.05 bits per heavy atom. The summed E-state index contributed by atoms with van der Waals surface area (Å²) in [5.74, 6) is 0.0498. The summed E-state index contributed by atoms with van der Waals surface area (Å²) >= 11 is 1.54. The Kier molecular flexibility index (Phi) is 4.90. The number of carbonyl (C=O) groups is 1. The zero-order valence-corrected chi connectivity index (χ0v) is 12.7. The molecule has 5 nitrogen and oxygen atoms in total. The number of aromatic nitrogens is 1. The van der Waals surface area contributed by atoms with Crippen LogP contribution < -0.4 is 10.2 Å². The number of nitrogens with zero attached hydrogens (tertiary/aromatic N) is 3. The summed E-state index contributed by atoms with van der Waals surface area (Å²) < 4.78 is 0. The van der Waals surface area contributed by atoms with Gasteiger partial charge in [-0.15, -0.1) is 11.3 Å². The van der Waals surface area contributed by atoms with Crippen molar-refractivity contribution in [3.8, 4) is 0 Å². The van der Waals surface area contributed by atoms with Crippen molar-refractivity contribution < 1.29 is 4.79 Å². The maximum absolute atomic E-state index is 11.5. The molecule has 1 atom stereocenters. The fourth-order valence-corrected chi connectivity index (χ4v) is 3.28. The van der Waals surface area contributed by atoms with E-state index >= 15 is 0 Å². The van der Waals surface area contributed by atoms with Crippen LogP contribution in [-0.2, 0) is 11.3 Å². The van der Waals surface area contributed by atoms with Crippen molar-refractivity contribution in [3.63, 3.8) is 0 Å². The second kappa shape index (κ2) is 6.45. The van der Waals surface area contributed by atoms with E-state index in [4.69, 9.17) is 0 Å². The molecule has 1 aromatic rings. The highest BCUT2D eigenvalue weighted by Crippen LogP contribution is 2.20. The Morgan fingerprint density at radius 1 is 1.68 bits per heavy atom. The summed E-state index contributed by atoms with van der Waals surface area (Å²) in [7, 11) is 2.15. The lowest BCUT2D eigenvalue weighted by Crippen LogP contribution is -2.31. The highest BCUT2D eigenvalue weighted by Gasteiger charge is 2.19. The van der Waals surface area contributed by atoms with Crippen LogP contribution in [0.1, 0.15) is 26.0 Å². The number of thiazole rings is 1. The first kappa shape index (κ1) is 14.4. The lowest BCUT2D eigenvalue weighted by atomic mass is 10.2. The summed E-state index contributed by atoms with van der Waals surface area (Å²) in [6.45, 7) is 7.26. The number of likely N-dealkylation sites (tertiary alicyclic amines) is 1. The minimum atomic E-state index is 0.0498. The largest absolute Gasteiger partial charge is 0.307 e. The maximum atomic E-state index is 11.5. The van der Waals surface area contributed by atoms with E-state index in [2.05, 4.69) is 22.2 Å². The molecule has 0 bridgehead atoms. The van der Waals surface area contributed by atoms with E-state index in [9.17, 15) is 4.79 Å². The summed E-state index contributed by atoms with van der Waals surface area (Å²) in [5.41, 5.74) is 1.02. The molecule has 1 amide bonds. The third kappa shape index (κ3) is 3.75. The number of hydrogen-bond acceptors (Lipinski definition) is 5. The van der Waals surface area contributed by atoms with Gasteiger partial charge >= 0.3 is 0 Å². The molecule has 19 heavy (non-hydrogen) atoms. The second-order valence-corrected chi connectivity index (χ2v) is 5.85. The van der Waals surface area contributed by atoms with Gasteiger partial charge in [0.05, 0.1) is 5.69 Å². The minimum absolute atomic E-state index is 0.0498. The predicted octanol–water partition coefficient (Wildman–Crippen LogP) is 1.31. The molecule has 1 saturated heterocycles. The van der Waals surface area contributed by atoms with Gasteiger partial charge in [-0.3, -0.25) is 9.69 Å². The fourth-order valence-electron chi connectivity index (χ4n) is 2.34. The Balaban J connectivity index is 1.88. The first-order chi connectivity index (χ1) is 9.10. The van der Waals surface area contributed by atoms with E-state index in [1.54, 1.807) is 11.8 Å². The molecule has 1 N–H and O–H groups in total. The van der Waals surface area contributed by atoms with Gasteiger partial charge in [0.15, 0.2) is 5.13 Å². The second-order valence-electron chi connectivity index (χ2n) is 5.01. The van der Waals surface area contributed by atoms with Gasteiger partial charge in [-0.1, -0.05) is 0 Å². The molecule has 1 aromatic heterocycles. The van der Waals surface area contributed by atoms with Crippen molar-refractivity contribution in [2.24, 2.45) is 0 Å². The van der Waals surface area contributed by atoms with Crippen LogP contribution in [0.5, 0.6) is 0 Å². The molecule has 0 aliphatic carbocycles. The molecule has 1 aliphatic heterocycles. The van der Waals surface area contributed by atoms with Crippen molar-refractivity contribution in [3.05, 3.63) is 11.1 Å². The Bertz CT molecular complexity index is 434. The van der Waals surface area contributed by atoms with Crippen LogP contribution >= 0.6 is 11.3 Å². The molecular formula is C13H22N4OS. The third-order valence-electron chi connectivity index (χ3n) is 3.43. The fraction of sp³-hybridized carbons (Fsp3) is 0.692. The average Bonchev–Trinajstić information content (AvgIpc) is 2.96. The number of rotatable bonds is 5. The normalized spacial score (nSPS) is 19.8. The topological polar surface area (TPSA) is 48.5 Å². The van der Waals surface area contributed by atoms with E-state index < -0.39 is 0 Å². The van der Waals surface area contributed by atoms with Crippen molar-refractivity contribution in [1.82, 2.24) is 15.2 Å². The molecule has 1 fully saturated rings. The van der Waals surface area contributed by atoms with Crippen LogP contribution in [0.2, 0.25) is 0 Å². The van der Waals surface area contributed by atoms with Gasteiger partial charge in [-0.25, -0.2) is 4.98 Å². The van der Waals surface area contributed by atoms with Crippen molar-refractivity contribution >= 4 is 22.4 Å². The molecule has 0 saturated carbocycles. The summed E-state index contributed by atoms with van der Waals surface area (Å²) in [6.07, 6.45) is 1.20. The first-order valence-electron chi connectivity index (χ1n) is 6.74. The van der Waals surface area contributed by atoms with Crippen molar-refractivity contribution in [2.75, 3.05) is 31.6 Å². The van der Waals surface area contributed by atoms with Gasteiger partial charge in [0, 0.05) is 38.0 Å². The van der Waals surface area contributed by atoms with Crippen LogP contribution in [-0.4, -0.2) is 48.5 Å². The molecule has 1 aliphatic rings. The highest BCUT2D eigenvalue weighted by molar-refractivity contribution is 7.14. The van der Waals surface area contributed by atoms with Gasteiger partial charge in [0.2, 0.25) is 5.91 Å². The quantitative estimate of drug-likeness (QED) is 0.884. The van der Waals surface area contributed by atoms with Crippen molar-refractivity contribution in [2.45, 2.75) is 32.9 Å². The predicted molar refractivity (Wildman–Crippen MR) is 78.6 cm³/mol. The number of hydrogen-bond donors (Lipinski definition) is 1. The lowest BCUT2D eigenvalue weighted by molar-refractivity contribution is -0.116. The Labute approximate surface area is 118 Å². The Morgan fingerprint density at radius 2 is 2.47 bits per heavy atom. The van der Waals surface area contributed by atoms with Gasteiger partial charge in [0.1, 0.15) is 0 Å². The van der Waals surface area contributed by atoms with Crippen LogP contribution in [0.4, 0.5) is 5.13 Å². The summed E-state index contributed by atoms with van der Waals surface area (Å²) in [5, 5.41) is 6.36. The average molecular weight is 282 g/mol. The molecule has 2 rings (SSSR count). The highest BCUT2D eigenvalue weighted by atomic mass is 32.1. The minimum Gasteiger partial charge on any atom is -0.307 e. The lowest BCUT2D eigenvalue weighted by Gasteiger charge is -2.14. The van der Waals surface area contributed by atoms with Gasteiger partial charge < -0.3 is 10.2 Å². The third-order valence-corrected chi connectivity index (χ3v) is 4.34. The van der Waals surface area contributed by atoms with E-state index in [0.717, 1.165) is 30.5 Å². The number of likely N-dealkylation sites (N-methyl/N-ethyl adjacent to an activating group) is 1. The van der Waals surface area contributed by atoms with E-state index in [1.165, 1.54) is 17.8 Å². The molecule has 1 unspecified atom stereocenters. The molecule has 106 valence electrons. The SMILES string of the molecule is CCN(C(C)=O)c1nc(CNC2CCN(C)C2)cs1. The molecule has 0 radical (unpaired) electrons. The molecule has 6 heteroatoms. The molecule has 0 aromatic carbocycles. The zero-order valence-electron chi connectivity index (χ0n) is 11.8. The standard InChI is InChI=1S/C13H22N4OS/c1-4-17(10(2)18)13-15-12(9-19-13)7-14-11-5-6-16(3)8-11/h9,11,14H,4-8H2,1-3H3. The van der Waals surface area contributed by atoms with E-state index in [0.29, 0.717) is 12.6 Å². The maximum Gasteiger partial charge on any atom is 0.225 e. The van der Waals surface area contributed by atoms with Crippen LogP contribution in [0.3, 0.4) is 0 Å². The monoisotopic (exact) mass is 282 g/mol. The zero-order chi connectivity index (χ0) is 13.8. The van der Waals surface area contributed by atoms with E-state index in [1.807, 2.05) is 12.3 Å². The van der Waals surface area contributed by atoms with Crippen LogP contribution in [0.15, 0.2) is 5.38 Å². The number of amides is 1. The molecule has 0 spiro atoms. The number of nitrogens with one attached hydrogen (secondary N) is 1. The van der Waals surface area contributed by atoms with Gasteiger partial charge in [-0.05, 0) is 26.9 Å². The number of carbonyl (C=O) groups excluding carboxylic acids is 1. The smallest absolute Gasteiger partial charge is 0.225 e. The van der Waals surface area contributed by atoms with Crippen molar-refractivity contribution in [1.29, 1.82) is 0 Å². The van der Waals surface area contributed by atoms with Gasteiger partial charge in [-0.2, -0.15) is 0 Å². The van der Waals surface area contributed by atoms with E-state index in [-0.39, 0.29) is 5.91 Å². The first-order valence-corrected chi connectivity index (χ1v) is 7.62. The summed E-state index contributed by atoms with van der Waals surface area (Å²) in [4.78, 5) is 20.0. The molecular weight excluding hydrogens is 260 g/mol.